The summed E-state index contributed by atoms with van der Waals surface area (Å²) in [5.41, 5.74) is 8.52. The average Bonchev–Trinajstić information content (AvgIpc) is 3.54. The van der Waals surface area contributed by atoms with Gasteiger partial charge in [0.1, 0.15) is 6.04 Å². The van der Waals surface area contributed by atoms with E-state index in [0.717, 1.165) is 32.5 Å². The third-order valence-electron chi connectivity index (χ3n) is 6.68. The number of carbonyl (C=O) groups excluding carboxylic acids is 2. The number of nitrogens with zero attached hydrogens (tertiary/aromatic N) is 3. The molecule has 0 aliphatic carbocycles. The number of ether oxygens (including phenoxy) is 1. The molecule has 0 bridgehead atoms. The van der Waals surface area contributed by atoms with E-state index in [0.29, 0.717) is 31.6 Å². The fraction of sp³-hybridized carbons (Fsp3) is 0.500. The summed E-state index contributed by atoms with van der Waals surface area (Å²) in [7, 11) is 0. The Balaban J connectivity index is 1.57. The van der Waals surface area contributed by atoms with Crippen LogP contribution in [-0.4, -0.2) is 77.6 Å². The number of rotatable bonds is 9. The highest BCUT2D eigenvalue weighted by Crippen LogP contribution is 2.27. The molecule has 8 nitrogen and oxygen atoms in total. The molecule has 0 radical (unpaired) electrons. The number of nitrogens with one attached hydrogen (secondary N) is 1. The van der Waals surface area contributed by atoms with Crippen LogP contribution >= 0.6 is 0 Å². The Hall–Kier alpha value is -2.81. The van der Waals surface area contributed by atoms with Gasteiger partial charge in [0.2, 0.25) is 5.91 Å². The molecule has 8 heteroatoms. The number of hydrogen-bond donors (Lipinski definition) is 2. The highest BCUT2D eigenvalue weighted by atomic mass is 16.5. The van der Waals surface area contributed by atoms with E-state index in [2.05, 4.69) is 46.4 Å². The van der Waals surface area contributed by atoms with Crippen molar-refractivity contribution in [1.29, 1.82) is 0 Å². The van der Waals surface area contributed by atoms with Gasteiger partial charge in [0.25, 0.3) is 5.91 Å². The third-order valence-corrected chi connectivity index (χ3v) is 6.68. The van der Waals surface area contributed by atoms with Crippen LogP contribution in [0.2, 0.25) is 0 Å². The van der Waals surface area contributed by atoms with Crippen LogP contribution in [0.5, 0.6) is 0 Å². The first-order valence-electron chi connectivity index (χ1n) is 12.1. The molecular formula is C26H35N5O3. The maximum absolute atomic E-state index is 13.4. The van der Waals surface area contributed by atoms with Gasteiger partial charge in [-0.2, -0.15) is 0 Å². The monoisotopic (exact) mass is 465 g/mol. The van der Waals surface area contributed by atoms with Crippen molar-refractivity contribution in [2.45, 2.75) is 50.9 Å². The Morgan fingerprint density at radius 2 is 2.09 bits per heavy atom. The van der Waals surface area contributed by atoms with E-state index < -0.39 is 6.04 Å². The Labute approximate surface area is 201 Å². The van der Waals surface area contributed by atoms with Crippen LogP contribution in [0.15, 0.2) is 48.8 Å². The van der Waals surface area contributed by atoms with Gasteiger partial charge in [-0.1, -0.05) is 29.8 Å². The molecule has 2 aliphatic heterocycles. The number of aromatic nitrogens is 1. The van der Waals surface area contributed by atoms with Gasteiger partial charge in [0.05, 0.1) is 11.7 Å². The molecule has 2 aliphatic rings. The van der Waals surface area contributed by atoms with E-state index in [-0.39, 0.29) is 24.0 Å². The number of amides is 2. The molecule has 3 unspecified atom stereocenters. The molecular weight excluding hydrogens is 430 g/mol. The number of aryl methyl sites for hydroxylation is 1. The fourth-order valence-corrected chi connectivity index (χ4v) is 4.84. The molecule has 4 rings (SSSR count). The summed E-state index contributed by atoms with van der Waals surface area (Å²) in [5.74, 6) is -0.325. The first-order valence-corrected chi connectivity index (χ1v) is 12.1. The zero-order valence-corrected chi connectivity index (χ0v) is 19.9. The van der Waals surface area contributed by atoms with Crippen molar-refractivity contribution in [1.82, 2.24) is 20.1 Å². The molecule has 2 amide bonds. The van der Waals surface area contributed by atoms with Crippen LogP contribution in [0.1, 0.15) is 40.7 Å². The SMILES string of the molecule is Cc1ccc(CN(CC2CCCO2)C2CC(C(=O)NCCN)N(C(=O)c3cccnc3)C2)cc1. The van der Waals surface area contributed by atoms with Crippen molar-refractivity contribution in [3.05, 3.63) is 65.5 Å². The normalized spacial score (nSPS) is 22.3. The summed E-state index contributed by atoms with van der Waals surface area (Å²) in [5, 5.41) is 2.88. The Morgan fingerprint density at radius 3 is 2.76 bits per heavy atom. The minimum absolute atomic E-state index is 0.0414. The predicted octanol–water partition coefficient (Wildman–Crippen LogP) is 1.73. The standard InChI is InChI=1S/C26H35N5O3/c1-19-6-8-20(9-7-19)16-30(18-23-5-3-13-34-23)22-14-24(25(32)29-12-10-27)31(17-22)26(33)21-4-2-11-28-15-21/h2,4,6-9,11,15,22-24H,3,5,10,12-14,16-18,27H2,1H3,(H,29,32). The van der Waals surface area contributed by atoms with Crippen molar-refractivity contribution in [3.63, 3.8) is 0 Å². The second-order valence-corrected chi connectivity index (χ2v) is 9.23. The summed E-state index contributed by atoms with van der Waals surface area (Å²) in [6.07, 6.45) is 6.05. The molecule has 3 atom stereocenters. The zero-order valence-electron chi connectivity index (χ0n) is 19.9. The van der Waals surface area contributed by atoms with Gasteiger partial charge in [-0.3, -0.25) is 19.5 Å². The Morgan fingerprint density at radius 1 is 1.26 bits per heavy atom. The van der Waals surface area contributed by atoms with Crippen LogP contribution in [0, 0.1) is 6.92 Å². The fourth-order valence-electron chi connectivity index (χ4n) is 4.84. The second-order valence-electron chi connectivity index (χ2n) is 9.23. The lowest BCUT2D eigenvalue weighted by atomic mass is 10.1. The van der Waals surface area contributed by atoms with E-state index in [1.807, 2.05) is 0 Å². The van der Waals surface area contributed by atoms with E-state index in [4.69, 9.17) is 10.5 Å². The smallest absolute Gasteiger partial charge is 0.256 e. The van der Waals surface area contributed by atoms with Crippen molar-refractivity contribution >= 4 is 11.8 Å². The molecule has 1 aromatic carbocycles. The minimum Gasteiger partial charge on any atom is -0.377 e. The molecule has 3 N–H and O–H groups in total. The highest BCUT2D eigenvalue weighted by Gasteiger charge is 2.42. The number of pyridine rings is 1. The largest absolute Gasteiger partial charge is 0.377 e. The van der Waals surface area contributed by atoms with Crippen LogP contribution < -0.4 is 11.1 Å². The van der Waals surface area contributed by atoms with Gasteiger partial charge in [-0.25, -0.2) is 0 Å². The molecule has 2 saturated heterocycles. The third kappa shape index (κ3) is 6.00. The van der Waals surface area contributed by atoms with Gasteiger partial charge in [-0.15, -0.1) is 0 Å². The second kappa shape index (κ2) is 11.6. The summed E-state index contributed by atoms with van der Waals surface area (Å²) in [6, 6.07) is 11.5. The number of likely N-dealkylation sites (tertiary alicyclic amines) is 1. The average molecular weight is 466 g/mol. The van der Waals surface area contributed by atoms with Crippen molar-refractivity contribution in [3.8, 4) is 0 Å². The van der Waals surface area contributed by atoms with Gasteiger partial charge in [0.15, 0.2) is 0 Å². The number of benzene rings is 1. The van der Waals surface area contributed by atoms with Crippen LogP contribution in [0.3, 0.4) is 0 Å². The maximum atomic E-state index is 13.4. The van der Waals surface area contributed by atoms with Gasteiger partial charge < -0.3 is 20.7 Å². The summed E-state index contributed by atoms with van der Waals surface area (Å²) in [6.45, 7) is 5.63. The lowest BCUT2D eigenvalue weighted by molar-refractivity contribution is -0.124. The molecule has 1 aromatic heterocycles. The molecule has 2 aromatic rings. The quantitative estimate of drug-likeness (QED) is 0.585. The van der Waals surface area contributed by atoms with Gasteiger partial charge in [-0.05, 0) is 43.9 Å². The lowest BCUT2D eigenvalue weighted by Crippen LogP contribution is -2.47. The first-order chi connectivity index (χ1) is 16.5. The molecule has 182 valence electrons. The topological polar surface area (TPSA) is 101 Å². The van der Waals surface area contributed by atoms with Crippen LogP contribution in [-0.2, 0) is 16.1 Å². The predicted molar refractivity (Wildman–Crippen MR) is 130 cm³/mol. The summed E-state index contributed by atoms with van der Waals surface area (Å²) in [4.78, 5) is 34.6. The Kier molecular flexibility index (Phi) is 8.26. The number of carbonyl (C=O) groups is 2. The van der Waals surface area contributed by atoms with Gasteiger partial charge in [0, 0.05) is 57.8 Å². The molecule has 34 heavy (non-hydrogen) atoms. The van der Waals surface area contributed by atoms with Crippen molar-refractivity contribution in [2.75, 3.05) is 32.8 Å². The molecule has 0 spiro atoms. The van der Waals surface area contributed by atoms with E-state index in [1.54, 1.807) is 29.4 Å². The van der Waals surface area contributed by atoms with E-state index in [1.165, 1.54) is 11.1 Å². The Bertz CT molecular complexity index is 947. The number of hydrogen-bond acceptors (Lipinski definition) is 6. The van der Waals surface area contributed by atoms with Crippen molar-refractivity contribution < 1.29 is 14.3 Å². The molecule has 3 heterocycles. The maximum Gasteiger partial charge on any atom is 0.256 e. The molecule has 0 saturated carbocycles. The van der Waals surface area contributed by atoms with E-state index in [9.17, 15) is 9.59 Å². The van der Waals surface area contributed by atoms with Crippen LogP contribution in [0.4, 0.5) is 0 Å². The molecule has 2 fully saturated rings. The van der Waals surface area contributed by atoms with Crippen molar-refractivity contribution in [2.24, 2.45) is 5.73 Å². The number of nitrogens with two attached hydrogens (primary N) is 1. The summed E-state index contributed by atoms with van der Waals surface area (Å²) < 4.78 is 5.95. The van der Waals surface area contributed by atoms with Crippen LogP contribution in [0.25, 0.3) is 0 Å². The zero-order chi connectivity index (χ0) is 23.9. The lowest BCUT2D eigenvalue weighted by Gasteiger charge is -2.31. The van der Waals surface area contributed by atoms with Gasteiger partial charge >= 0.3 is 0 Å². The summed E-state index contributed by atoms with van der Waals surface area (Å²) >= 11 is 0. The first kappa shape index (κ1) is 24.3. The highest BCUT2D eigenvalue weighted by molar-refractivity contribution is 5.97. The van der Waals surface area contributed by atoms with E-state index >= 15 is 0 Å². The minimum atomic E-state index is -0.547.